The van der Waals surface area contributed by atoms with Crippen LogP contribution in [-0.2, 0) is 14.3 Å². The fourth-order valence-electron chi connectivity index (χ4n) is 4.47. The smallest absolute Gasteiger partial charge is 0.337 e. The lowest BCUT2D eigenvalue weighted by molar-refractivity contribution is -0.136. The summed E-state index contributed by atoms with van der Waals surface area (Å²) in [6, 6.07) is 19.2. The molecule has 1 atom stereocenters. The Balaban J connectivity index is 1.37. The largest absolute Gasteiger partial charge is 0.466 e. The van der Waals surface area contributed by atoms with E-state index in [2.05, 4.69) is 33.4 Å². The van der Waals surface area contributed by atoms with Crippen molar-refractivity contribution in [3.05, 3.63) is 89.6 Å². The van der Waals surface area contributed by atoms with Crippen LogP contribution in [0.4, 0.5) is 0 Å². The summed E-state index contributed by atoms with van der Waals surface area (Å²) in [7, 11) is 2.76. The molecule has 186 valence electrons. The number of hydrogen-bond acceptors (Lipinski definition) is 6. The number of esters is 2. The highest BCUT2D eigenvalue weighted by Gasteiger charge is 2.22. The van der Waals surface area contributed by atoms with Crippen LogP contribution in [0.2, 0.25) is 0 Å². The summed E-state index contributed by atoms with van der Waals surface area (Å²) in [6.07, 6.45) is 4.37. The molecule has 2 heterocycles. The van der Waals surface area contributed by atoms with Crippen molar-refractivity contribution in [2.45, 2.75) is 13.3 Å². The molecule has 0 radical (unpaired) electrons. The van der Waals surface area contributed by atoms with E-state index in [4.69, 9.17) is 9.47 Å². The van der Waals surface area contributed by atoms with Gasteiger partial charge >= 0.3 is 11.9 Å². The summed E-state index contributed by atoms with van der Waals surface area (Å²) in [5.41, 5.74) is 8.48. The van der Waals surface area contributed by atoms with Gasteiger partial charge in [0.25, 0.3) is 0 Å². The van der Waals surface area contributed by atoms with Gasteiger partial charge in [-0.15, -0.1) is 0 Å². The van der Waals surface area contributed by atoms with Gasteiger partial charge in [-0.1, -0.05) is 49.4 Å². The molecular formula is C29H26N4O4. The van der Waals surface area contributed by atoms with Crippen molar-refractivity contribution in [1.29, 1.82) is 0 Å². The lowest BCUT2D eigenvalue weighted by Gasteiger charge is -2.19. The van der Waals surface area contributed by atoms with E-state index >= 15 is 0 Å². The average Bonchev–Trinajstić information content (AvgIpc) is 3.63. The Hall–Kier alpha value is -4.72. The van der Waals surface area contributed by atoms with Gasteiger partial charge in [0.15, 0.2) is 0 Å². The number of aromatic amines is 2. The summed E-state index contributed by atoms with van der Waals surface area (Å²) >= 11 is 0. The third kappa shape index (κ3) is 4.86. The number of ether oxygens (including phenoxy) is 2. The number of carbonyl (C=O) groups excluding carboxylic acids is 2. The second-order valence-electron chi connectivity index (χ2n) is 8.89. The zero-order valence-corrected chi connectivity index (χ0v) is 20.7. The number of rotatable bonds is 6. The van der Waals surface area contributed by atoms with Gasteiger partial charge in [0, 0.05) is 16.7 Å². The Kier molecular flexibility index (Phi) is 6.55. The maximum atomic E-state index is 11.9. The van der Waals surface area contributed by atoms with Crippen LogP contribution in [0.15, 0.2) is 78.4 Å². The molecule has 8 nitrogen and oxygen atoms in total. The number of benzene rings is 2. The van der Waals surface area contributed by atoms with Crippen molar-refractivity contribution >= 4 is 17.5 Å². The van der Waals surface area contributed by atoms with Crippen LogP contribution < -0.4 is 0 Å². The summed E-state index contributed by atoms with van der Waals surface area (Å²) in [4.78, 5) is 23.5. The Morgan fingerprint density at radius 2 is 1.43 bits per heavy atom. The van der Waals surface area contributed by atoms with Gasteiger partial charge in [-0.2, -0.15) is 10.2 Å². The van der Waals surface area contributed by atoms with Gasteiger partial charge in [0.05, 0.1) is 42.6 Å². The second-order valence-corrected chi connectivity index (χ2v) is 8.89. The molecule has 2 aromatic heterocycles. The maximum absolute atomic E-state index is 11.9. The van der Waals surface area contributed by atoms with Crippen molar-refractivity contribution in [2.24, 2.45) is 5.92 Å². The molecule has 1 aliphatic rings. The molecule has 0 fully saturated rings. The van der Waals surface area contributed by atoms with Gasteiger partial charge in [0.1, 0.15) is 0 Å². The maximum Gasteiger partial charge on any atom is 0.337 e. The normalized spacial score (nSPS) is 15.1. The number of methoxy groups -OCH3 is 2. The molecule has 0 spiro atoms. The Labute approximate surface area is 214 Å². The quantitative estimate of drug-likeness (QED) is 0.345. The number of H-pyrrole nitrogens is 2. The molecule has 4 aromatic rings. The highest BCUT2D eigenvalue weighted by molar-refractivity contribution is 5.91. The Morgan fingerprint density at radius 3 is 2.14 bits per heavy atom. The van der Waals surface area contributed by atoms with Crippen LogP contribution in [0.1, 0.15) is 29.4 Å². The van der Waals surface area contributed by atoms with E-state index in [0.717, 1.165) is 45.0 Å². The highest BCUT2D eigenvalue weighted by Crippen LogP contribution is 2.34. The highest BCUT2D eigenvalue weighted by atomic mass is 16.5. The topological polar surface area (TPSA) is 110 Å². The van der Waals surface area contributed by atoms with E-state index in [-0.39, 0.29) is 17.9 Å². The Bertz CT molecular complexity index is 1530. The number of allylic oxidation sites excluding steroid dienone is 3. The van der Waals surface area contributed by atoms with E-state index in [1.165, 1.54) is 14.2 Å². The Morgan fingerprint density at radius 1 is 0.784 bits per heavy atom. The first-order valence-corrected chi connectivity index (χ1v) is 11.9. The molecule has 0 bridgehead atoms. The van der Waals surface area contributed by atoms with Gasteiger partial charge in [-0.05, 0) is 53.8 Å². The molecule has 0 aliphatic heterocycles. The van der Waals surface area contributed by atoms with Gasteiger partial charge in [0.2, 0.25) is 0 Å². The third-order valence-electron chi connectivity index (χ3n) is 6.51. The summed E-state index contributed by atoms with van der Waals surface area (Å²) in [5.74, 6) is -0.514. The van der Waals surface area contributed by atoms with Crippen molar-refractivity contribution in [2.75, 3.05) is 14.2 Å². The van der Waals surface area contributed by atoms with Crippen LogP contribution >= 0.6 is 0 Å². The fraction of sp³-hybridized carbons (Fsp3) is 0.172. The molecule has 0 saturated carbocycles. The van der Waals surface area contributed by atoms with Crippen LogP contribution in [0.5, 0.6) is 0 Å². The fourth-order valence-corrected chi connectivity index (χ4v) is 4.47. The molecule has 0 saturated heterocycles. The van der Waals surface area contributed by atoms with Crippen LogP contribution in [-0.4, -0.2) is 46.6 Å². The molecule has 5 rings (SSSR count). The van der Waals surface area contributed by atoms with Crippen LogP contribution in [0, 0.1) is 5.92 Å². The monoisotopic (exact) mass is 494 g/mol. The van der Waals surface area contributed by atoms with E-state index < -0.39 is 0 Å². The molecule has 1 unspecified atom stereocenters. The zero-order valence-electron chi connectivity index (χ0n) is 20.7. The van der Waals surface area contributed by atoms with Gasteiger partial charge in [-0.25, -0.2) is 9.59 Å². The first kappa shape index (κ1) is 24.0. The molecule has 1 aliphatic carbocycles. The number of aromatic nitrogens is 4. The standard InChI is InChI=1S/C29H26N4O4/c1-17-13-22(29(35)37-3)11-12-23(17)27-16-26(32-33-27)21-6-4-5-20(14-21)25-15-24(30-31-25)18-7-9-19(10-8-18)28(34)36-2/h4-12,14-17H,13H2,1-3H3,(H,30,31)(H,32,33). The van der Waals surface area contributed by atoms with Crippen molar-refractivity contribution in [3.63, 3.8) is 0 Å². The lowest BCUT2D eigenvalue weighted by atomic mass is 9.86. The van der Waals surface area contributed by atoms with E-state index in [0.29, 0.717) is 17.6 Å². The number of nitrogens with zero attached hydrogens (tertiary/aromatic N) is 2. The van der Waals surface area contributed by atoms with E-state index in [1.807, 2.05) is 54.6 Å². The second kappa shape index (κ2) is 10.1. The van der Waals surface area contributed by atoms with Crippen molar-refractivity contribution in [3.8, 4) is 33.8 Å². The minimum atomic E-state index is -0.368. The molecule has 2 aromatic carbocycles. The minimum Gasteiger partial charge on any atom is -0.466 e. The number of nitrogens with one attached hydrogen (secondary N) is 2. The van der Waals surface area contributed by atoms with Gasteiger partial charge < -0.3 is 9.47 Å². The summed E-state index contributed by atoms with van der Waals surface area (Å²) in [5, 5.41) is 15.3. The minimum absolute atomic E-state index is 0.144. The molecule has 2 N–H and O–H groups in total. The first-order valence-electron chi connectivity index (χ1n) is 11.9. The number of hydrogen-bond donors (Lipinski definition) is 2. The van der Waals surface area contributed by atoms with E-state index in [1.54, 1.807) is 12.1 Å². The number of carbonyl (C=O) groups is 2. The molecule has 0 amide bonds. The summed E-state index contributed by atoms with van der Waals surface area (Å²) < 4.78 is 9.61. The summed E-state index contributed by atoms with van der Waals surface area (Å²) in [6.45, 7) is 2.08. The average molecular weight is 495 g/mol. The third-order valence-corrected chi connectivity index (χ3v) is 6.51. The van der Waals surface area contributed by atoms with Crippen molar-refractivity contribution in [1.82, 2.24) is 20.4 Å². The molecule has 37 heavy (non-hydrogen) atoms. The zero-order chi connectivity index (χ0) is 25.9. The van der Waals surface area contributed by atoms with Crippen LogP contribution in [0.3, 0.4) is 0 Å². The lowest BCUT2D eigenvalue weighted by Crippen LogP contribution is -2.12. The molecular weight excluding hydrogens is 468 g/mol. The predicted octanol–water partition coefficient (Wildman–Crippen LogP) is 5.44. The van der Waals surface area contributed by atoms with Crippen molar-refractivity contribution < 1.29 is 19.1 Å². The first-order chi connectivity index (χ1) is 18.0. The van der Waals surface area contributed by atoms with Gasteiger partial charge in [-0.3, -0.25) is 10.2 Å². The van der Waals surface area contributed by atoms with E-state index in [9.17, 15) is 9.59 Å². The molecule has 8 heteroatoms. The van der Waals surface area contributed by atoms with Crippen LogP contribution in [0.25, 0.3) is 39.3 Å². The SMILES string of the molecule is COC(=O)C1=CC=C(c2cc(-c3cccc(-c4cc(-c5ccc(C(=O)OC)cc5)[nH]n4)c3)[nH]n2)C(C)C1. The predicted molar refractivity (Wildman–Crippen MR) is 140 cm³/mol.